The van der Waals surface area contributed by atoms with E-state index in [1.54, 1.807) is 42.3 Å². The van der Waals surface area contributed by atoms with Crippen molar-refractivity contribution in [3.05, 3.63) is 59.1 Å². The minimum absolute atomic E-state index is 0.0435. The molecule has 2 N–H and O–H groups in total. The van der Waals surface area contributed by atoms with E-state index < -0.39 is 0 Å². The molecule has 0 fully saturated rings. The van der Waals surface area contributed by atoms with Gasteiger partial charge in [-0.1, -0.05) is 37.6 Å². The van der Waals surface area contributed by atoms with Gasteiger partial charge in [-0.3, -0.25) is 4.79 Å². The number of hydrogen-bond donors (Lipinski definition) is 2. The van der Waals surface area contributed by atoms with Crippen molar-refractivity contribution in [2.24, 2.45) is 5.92 Å². The number of carbonyl (C=O) groups is 2. The highest BCUT2D eigenvalue weighted by Crippen LogP contribution is 2.16. The third-order valence-corrected chi connectivity index (χ3v) is 3.82. The molecule has 0 aliphatic carbocycles. The van der Waals surface area contributed by atoms with Gasteiger partial charge in [-0.2, -0.15) is 0 Å². The molecule has 0 atom stereocenters. The lowest BCUT2D eigenvalue weighted by molar-refractivity contribution is -0.118. The molecule has 132 valence electrons. The van der Waals surface area contributed by atoms with Gasteiger partial charge in [0.15, 0.2) is 0 Å². The van der Waals surface area contributed by atoms with E-state index in [4.69, 9.17) is 11.6 Å². The molecule has 5 nitrogen and oxygen atoms in total. The molecular weight excluding hydrogens is 338 g/mol. The molecule has 2 aromatic rings. The summed E-state index contributed by atoms with van der Waals surface area (Å²) in [6.45, 7) is 4.12. The summed E-state index contributed by atoms with van der Waals surface area (Å²) in [4.78, 5) is 25.5. The van der Waals surface area contributed by atoms with Crippen molar-refractivity contribution in [3.63, 3.8) is 0 Å². The maximum absolute atomic E-state index is 12.3. The summed E-state index contributed by atoms with van der Waals surface area (Å²) < 4.78 is 0. The van der Waals surface area contributed by atoms with Crippen LogP contribution in [0.1, 0.15) is 19.4 Å². The second-order valence-corrected chi connectivity index (χ2v) is 6.57. The fourth-order valence-corrected chi connectivity index (χ4v) is 2.34. The molecule has 6 heteroatoms. The van der Waals surface area contributed by atoms with E-state index in [1.165, 1.54) is 0 Å². The SMILES string of the molecule is CC(C)C(=O)Nc1ccc(NC(=O)N(C)Cc2cccc(Cl)c2)cc1. The molecule has 0 aromatic heterocycles. The number of hydrogen-bond acceptors (Lipinski definition) is 2. The van der Waals surface area contributed by atoms with E-state index in [2.05, 4.69) is 10.6 Å². The summed E-state index contributed by atoms with van der Waals surface area (Å²) in [5, 5.41) is 6.27. The number of anilines is 2. The molecule has 0 spiro atoms. The van der Waals surface area contributed by atoms with Gasteiger partial charge < -0.3 is 15.5 Å². The van der Waals surface area contributed by atoms with Gasteiger partial charge in [-0.15, -0.1) is 0 Å². The predicted molar refractivity (Wildman–Crippen MR) is 102 cm³/mol. The van der Waals surface area contributed by atoms with Gasteiger partial charge in [0.2, 0.25) is 5.91 Å². The number of benzene rings is 2. The highest BCUT2D eigenvalue weighted by Gasteiger charge is 2.10. The summed E-state index contributed by atoms with van der Waals surface area (Å²) in [5.41, 5.74) is 2.31. The van der Waals surface area contributed by atoms with Crippen LogP contribution >= 0.6 is 11.6 Å². The standard InChI is InChI=1S/C19H22ClN3O2/c1-13(2)18(24)21-16-7-9-17(10-8-16)22-19(25)23(3)12-14-5-4-6-15(20)11-14/h4-11,13H,12H2,1-3H3,(H,21,24)(H,22,25). The van der Waals surface area contributed by atoms with Crippen molar-refractivity contribution < 1.29 is 9.59 Å². The molecule has 0 aliphatic rings. The van der Waals surface area contributed by atoms with Crippen LogP contribution in [0.2, 0.25) is 5.02 Å². The van der Waals surface area contributed by atoms with Crippen molar-refractivity contribution in [3.8, 4) is 0 Å². The maximum atomic E-state index is 12.3. The molecule has 2 aromatic carbocycles. The maximum Gasteiger partial charge on any atom is 0.321 e. The summed E-state index contributed by atoms with van der Waals surface area (Å²) in [7, 11) is 1.72. The molecule has 0 saturated heterocycles. The number of nitrogens with one attached hydrogen (secondary N) is 2. The second kappa shape index (κ2) is 8.53. The van der Waals surface area contributed by atoms with Crippen LogP contribution in [0.15, 0.2) is 48.5 Å². The molecule has 0 bridgehead atoms. The van der Waals surface area contributed by atoms with Crippen LogP contribution < -0.4 is 10.6 Å². The number of halogens is 1. The zero-order chi connectivity index (χ0) is 18.4. The third-order valence-electron chi connectivity index (χ3n) is 3.58. The molecule has 0 unspecified atom stereocenters. The van der Waals surface area contributed by atoms with E-state index in [9.17, 15) is 9.59 Å². The Bertz CT molecular complexity index is 745. The molecule has 0 saturated carbocycles. The zero-order valence-electron chi connectivity index (χ0n) is 14.5. The van der Waals surface area contributed by atoms with Gasteiger partial charge in [0.05, 0.1) is 0 Å². The van der Waals surface area contributed by atoms with Gasteiger partial charge in [-0.25, -0.2) is 4.79 Å². The Hall–Kier alpha value is -2.53. The fraction of sp³-hybridized carbons (Fsp3) is 0.263. The van der Waals surface area contributed by atoms with Gasteiger partial charge in [0.25, 0.3) is 0 Å². The quantitative estimate of drug-likeness (QED) is 0.819. The summed E-state index contributed by atoms with van der Waals surface area (Å²) in [6.07, 6.45) is 0. The van der Waals surface area contributed by atoms with Crippen molar-refractivity contribution in [1.29, 1.82) is 0 Å². The predicted octanol–water partition coefficient (Wildman–Crippen LogP) is 4.60. The van der Waals surface area contributed by atoms with Crippen molar-refractivity contribution >= 4 is 34.9 Å². The monoisotopic (exact) mass is 359 g/mol. The Morgan fingerprint density at radius 3 is 2.20 bits per heavy atom. The summed E-state index contributed by atoms with van der Waals surface area (Å²) in [6, 6.07) is 14.2. The molecule has 25 heavy (non-hydrogen) atoms. The number of amides is 3. The van der Waals surface area contributed by atoms with Gasteiger partial charge in [-0.05, 0) is 42.0 Å². The fourth-order valence-electron chi connectivity index (χ4n) is 2.12. The first-order valence-corrected chi connectivity index (χ1v) is 8.40. The first-order valence-electron chi connectivity index (χ1n) is 8.02. The average Bonchev–Trinajstić information content (AvgIpc) is 2.56. The summed E-state index contributed by atoms with van der Waals surface area (Å²) in [5.74, 6) is -0.127. The normalized spacial score (nSPS) is 10.4. The zero-order valence-corrected chi connectivity index (χ0v) is 15.3. The number of carbonyl (C=O) groups excluding carboxylic acids is 2. The Kier molecular flexibility index (Phi) is 6.42. The highest BCUT2D eigenvalue weighted by molar-refractivity contribution is 6.30. The van der Waals surface area contributed by atoms with Gasteiger partial charge in [0.1, 0.15) is 0 Å². The minimum atomic E-state index is -0.223. The third kappa shape index (κ3) is 5.80. The average molecular weight is 360 g/mol. The first-order chi connectivity index (χ1) is 11.8. The van der Waals surface area contributed by atoms with Crippen LogP contribution in [-0.2, 0) is 11.3 Å². The van der Waals surface area contributed by atoms with Gasteiger partial charge >= 0.3 is 6.03 Å². The lowest BCUT2D eigenvalue weighted by Gasteiger charge is -2.18. The van der Waals surface area contributed by atoms with Gasteiger partial charge in [0, 0.05) is 35.9 Å². The smallest absolute Gasteiger partial charge is 0.321 e. The first kappa shape index (κ1) is 18.8. The van der Waals surface area contributed by atoms with Crippen LogP contribution in [0.4, 0.5) is 16.2 Å². The lowest BCUT2D eigenvalue weighted by Crippen LogP contribution is -2.30. The Balaban J connectivity index is 1.92. The van der Waals surface area contributed by atoms with Crippen molar-refractivity contribution in [1.82, 2.24) is 4.90 Å². The molecule has 3 amide bonds. The van der Waals surface area contributed by atoms with E-state index in [0.717, 1.165) is 5.56 Å². The second-order valence-electron chi connectivity index (χ2n) is 6.14. The number of nitrogens with zero attached hydrogens (tertiary/aromatic N) is 1. The van der Waals surface area contributed by atoms with E-state index >= 15 is 0 Å². The molecule has 0 aliphatic heterocycles. The number of rotatable bonds is 5. The number of urea groups is 1. The van der Waals surface area contributed by atoms with E-state index in [1.807, 2.05) is 32.0 Å². The highest BCUT2D eigenvalue weighted by atomic mass is 35.5. The van der Waals surface area contributed by atoms with E-state index in [-0.39, 0.29) is 17.9 Å². The summed E-state index contributed by atoms with van der Waals surface area (Å²) >= 11 is 5.96. The topological polar surface area (TPSA) is 61.4 Å². The van der Waals surface area contributed by atoms with E-state index in [0.29, 0.717) is 22.9 Å². The molecular formula is C19H22ClN3O2. The Morgan fingerprint density at radius 2 is 1.64 bits per heavy atom. The molecule has 2 rings (SSSR count). The Morgan fingerprint density at radius 1 is 1.04 bits per heavy atom. The molecule has 0 radical (unpaired) electrons. The van der Waals surface area contributed by atoms with Crippen LogP contribution in [0.25, 0.3) is 0 Å². The molecule has 0 heterocycles. The minimum Gasteiger partial charge on any atom is -0.326 e. The Labute approximate surface area is 153 Å². The van der Waals surface area contributed by atoms with Crippen LogP contribution in [0, 0.1) is 5.92 Å². The lowest BCUT2D eigenvalue weighted by atomic mass is 10.2. The largest absolute Gasteiger partial charge is 0.326 e. The van der Waals surface area contributed by atoms with Crippen LogP contribution in [0.5, 0.6) is 0 Å². The van der Waals surface area contributed by atoms with Crippen molar-refractivity contribution in [2.45, 2.75) is 20.4 Å². The van der Waals surface area contributed by atoms with Crippen LogP contribution in [0.3, 0.4) is 0 Å². The van der Waals surface area contributed by atoms with Crippen LogP contribution in [-0.4, -0.2) is 23.9 Å². The van der Waals surface area contributed by atoms with Crippen molar-refractivity contribution in [2.75, 3.05) is 17.7 Å².